The third kappa shape index (κ3) is 5.71. The normalized spacial score (nSPS) is 15.0. The molecular formula is C25H25Cl2N3O3S. The maximum absolute atomic E-state index is 13.8. The molecule has 1 aliphatic rings. The van der Waals surface area contributed by atoms with Crippen molar-refractivity contribution in [2.45, 2.75) is 50.7 Å². The Hall–Kier alpha value is -2.61. The van der Waals surface area contributed by atoms with Gasteiger partial charge in [0.05, 0.1) is 0 Å². The van der Waals surface area contributed by atoms with Crippen LogP contribution in [0.5, 0.6) is 5.75 Å². The first-order valence-electron chi connectivity index (χ1n) is 11.2. The molecule has 1 heterocycles. The van der Waals surface area contributed by atoms with E-state index in [1.807, 2.05) is 30.3 Å². The molecule has 0 radical (unpaired) electrons. The van der Waals surface area contributed by atoms with E-state index < -0.39 is 11.9 Å². The Bertz CT molecular complexity index is 1130. The minimum absolute atomic E-state index is 0.0156. The van der Waals surface area contributed by atoms with Crippen molar-refractivity contribution in [3.8, 4) is 5.75 Å². The molecule has 34 heavy (non-hydrogen) atoms. The zero-order valence-corrected chi connectivity index (χ0v) is 20.7. The minimum atomic E-state index is -0.952. The number of hydrogen-bond acceptors (Lipinski definition) is 5. The van der Waals surface area contributed by atoms with Crippen LogP contribution in [0.25, 0.3) is 0 Å². The fourth-order valence-corrected chi connectivity index (χ4v) is 5.23. The molecule has 2 amide bonds. The van der Waals surface area contributed by atoms with Crippen LogP contribution in [-0.2, 0) is 11.3 Å². The summed E-state index contributed by atoms with van der Waals surface area (Å²) in [5.41, 5.74) is 1.44. The summed E-state index contributed by atoms with van der Waals surface area (Å²) in [5, 5.41) is 13.0. The number of nitrogens with one attached hydrogen (secondary N) is 1. The van der Waals surface area contributed by atoms with Crippen molar-refractivity contribution in [3.63, 3.8) is 0 Å². The highest BCUT2D eigenvalue weighted by Crippen LogP contribution is 2.34. The van der Waals surface area contributed by atoms with Crippen LogP contribution in [0.15, 0.2) is 54.6 Å². The van der Waals surface area contributed by atoms with Crippen molar-refractivity contribution in [1.29, 1.82) is 0 Å². The second-order valence-corrected chi connectivity index (χ2v) is 10.1. The van der Waals surface area contributed by atoms with Crippen LogP contribution in [0.2, 0.25) is 9.36 Å². The molecule has 0 aliphatic heterocycles. The lowest BCUT2D eigenvalue weighted by atomic mass is 9.94. The molecule has 3 aromatic rings. The summed E-state index contributed by atoms with van der Waals surface area (Å²) in [6.45, 7) is 0.161. The number of phenolic OH excluding ortho intramolecular Hbond substituents is 1. The Morgan fingerprint density at radius 2 is 1.74 bits per heavy atom. The molecule has 2 N–H and O–H groups in total. The smallest absolute Gasteiger partial charge is 0.276 e. The molecule has 178 valence electrons. The number of carbonyl (C=O) groups is 2. The van der Waals surface area contributed by atoms with Crippen LogP contribution < -0.4 is 5.32 Å². The number of rotatable bonds is 7. The van der Waals surface area contributed by atoms with E-state index in [2.05, 4.69) is 9.69 Å². The van der Waals surface area contributed by atoms with E-state index in [4.69, 9.17) is 23.2 Å². The largest absolute Gasteiger partial charge is 0.508 e. The highest BCUT2D eigenvalue weighted by molar-refractivity contribution is 7.11. The Morgan fingerprint density at radius 3 is 2.35 bits per heavy atom. The minimum Gasteiger partial charge on any atom is -0.508 e. The topological polar surface area (TPSA) is 82.5 Å². The van der Waals surface area contributed by atoms with Gasteiger partial charge in [-0.15, -0.1) is 0 Å². The van der Waals surface area contributed by atoms with E-state index in [1.165, 1.54) is 17.0 Å². The molecule has 1 aliphatic carbocycles. The van der Waals surface area contributed by atoms with Gasteiger partial charge in [-0.05, 0) is 47.6 Å². The third-order valence-electron chi connectivity index (χ3n) is 5.98. The molecule has 1 saturated carbocycles. The maximum Gasteiger partial charge on any atom is 0.276 e. The van der Waals surface area contributed by atoms with E-state index in [9.17, 15) is 14.7 Å². The summed E-state index contributed by atoms with van der Waals surface area (Å²) in [5.74, 6) is -0.696. The number of carbonyl (C=O) groups excluding carboxylic acids is 2. The molecule has 1 aromatic heterocycles. The number of phenols is 1. The lowest BCUT2D eigenvalue weighted by Crippen LogP contribution is -2.47. The zero-order valence-electron chi connectivity index (χ0n) is 18.4. The molecule has 1 atom stereocenters. The number of halogens is 2. The summed E-state index contributed by atoms with van der Waals surface area (Å²) in [7, 11) is 0. The standard InChI is InChI=1S/C25H25Cl2N3O3S/c26-20-21(29-34-23(20)27)25(33)30(15-16-7-3-1-4-8-16)22(17-11-13-19(31)14-12-17)24(32)28-18-9-5-2-6-10-18/h1,3-4,7-8,11-14,18,22,31H,2,5-6,9-10,15H2,(H,28,32)/t22-/m0/s1. The van der Waals surface area contributed by atoms with Gasteiger partial charge in [-0.3, -0.25) is 9.59 Å². The van der Waals surface area contributed by atoms with Gasteiger partial charge in [0.25, 0.3) is 5.91 Å². The summed E-state index contributed by atoms with van der Waals surface area (Å²) < 4.78 is 4.38. The van der Waals surface area contributed by atoms with E-state index in [1.54, 1.807) is 12.1 Å². The maximum atomic E-state index is 13.8. The van der Waals surface area contributed by atoms with Crippen molar-refractivity contribution < 1.29 is 14.7 Å². The third-order valence-corrected chi connectivity index (χ3v) is 7.59. The van der Waals surface area contributed by atoms with Gasteiger partial charge in [-0.25, -0.2) is 0 Å². The van der Waals surface area contributed by atoms with Gasteiger partial charge in [0, 0.05) is 12.6 Å². The Labute approximate surface area is 212 Å². The van der Waals surface area contributed by atoms with Crippen LogP contribution in [0.1, 0.15) is 59.8 Å². The Kier molecular flexibility index (Phi) is 8.08. The predicted molar refractivity (Wildman–Crippen MR) is 134 cm³/mol. The van der Waals surface area contributed by atoms with E-state index >= 15 is 0 Å². The molecule has 0 spiro atoms. The monoisotopic (exact) mass is 517 g/mol. The number of nitrogens with zero attached hydrogens (tertiary/aromatic N) is 2. The molecule has 4 rings (SSSR count). The van der Waals surface area contributed by atoms with Gasteiger partial charge >= 0.3 is 0 Å². The Balaban J connectivity index is 1.75. The molecule has 0 bridgehead atoms. The highest BCUT2D eigenvalue weighted by atomic mass is 35.5. The van der Waals surface area contributed by atoms with Gasteiger partial charge in [0.2, 0.25) is 5.91 Å². The van der Waals surface area contributed by atoms with Crippen LogP contribution in [0.3, 0.4) is 0 Å². The van der Waals surface area contributed by atoms with Crippen LogP contribution >= 0.6 is 34.7 Å². The molecule has 0 saturated heterocycles. The molecular weight excluding hydrogens is 493 g/mol. The van der Waals surface area contributed by atoms with E-state index in [0.29, 0.717) is 5.56 Å². The second-order valence-electron chi connectivity index (χ2n) is 8.38. The average Bonchev–Trinajstić information content (AvgIpc) is 3.18. The number of hydrogen-bond donors (Lipinski definition) is 2. The molecule has 6 nitrogen and oxygen atoms in total. The quantitative estimate of drug-likeness (QED) is 0.403. The van der Waals surface area contributed by atoms with Crippen molar-refractivity contribution in [2.75, 3.05) is 0 Å². The predicted octanol–water partition coefficient (Wildman–Crippen LogP) is 5.99. The first-order chi connectivity index (χ1) is 16.4. The molecule has 0 unspecified atom stereocenters. The van der Waals surface area contributed by atoms with E-state index in [-0.39, 0.29) is 39.3 Å². The van der Waals surface area contributed by atoms with Gasteiger partial charge in [0.1, 0.15) is 21.2 Å². The number of aromatic hydroxyl groups is 1. The van der Waals surface area contributed by atoms with Crippen LogP contribution in [0.4, 0.5) is 0 Å². The summed E-state index contributed by atoms with van der Waals surface area (Å²) in [6, 6.07) is 14.9. The fraction of sp³-hybridized carbons (Fsp3) is 0.320. The Morgan fingerprint density at radius 1 is 1.06 bits per heavy atom. The molecule has 2 aromatic carbocycles. The number of amides is 2. The van der Waals surface area contributed by atoms with E-state index in [0.717, 1.165) is 49.2 Å². The number of benzene rings is 2. The first-order valence-corrected chi connectivity index (χ1v) is 12.7. The lowest BCUT2D eigenvalue weighted by Gasteiger charge is -2.33. The van der Waals surface area contributed by atoms with Crippen LogP contribution in [-0.4, -0.2) is 32.2 Å². The summed E-state index contributed by atoms with van der Waals surface area (Å²) >= 11 is 13.3. The van der Waals surface area contributed by atoms with Crippen molar-refractivity contribution in [3.05, 3.63) is 80.8 Å². The molecule has 9 heteroatoms. The van der Waals surface area contributed by atoms with Crippen LogP contribution in [0, 0.1) is 0 Å². The van der Waals surface area contributed by atoms with Gasteiger partial charge in [-0.2, -0.15) is 4.37 Å². The second kappa shape index (κ2) is 11.2. The summed E-state index contributed by atoms with van der Waals surface area (Å²) in [4.78, 5) is 28.9. The average molecular weight is 518 g/mol. The van der Waals surface area contributed by atoms with Gasteiger partial charge in [-0.1, -0.05) is 84.9 Å². The lowest BCUT2D eigenvalue weighted by molar-refractivity contribution is -0.127. The highest BCUT2D eigenvalue weighted by Gasteiger charge is 2.35. The van der Waals surface area contributed by atoms with Gasteiger partial charge in [0.15, 0.2) is 5.69 Å². The van der Waals surface area contributed by atoms with Crippen molar-refractivity contribution in [2.24, 2.45) is 0 Å². The summed E-state index contributed by atoms with van der Waals surface area (Å²) in [6.07, 6.45) is 5.11. The zero-order chi connectivity index (χ0) is 24.1. The molecule has 1 fully saturated rings. The van der Waals surface area contributed by atoms with Crippen molar-refractivity contribution >= 4 is 46.5 Å². The number of aromatic nitrogens is 1. The fourth-order valence-electron chi connectivity index (χ4n) is 4.24. The van der Waals surface area contributed by atoms with Gasteiger partial charge < -0.3 is 15.3 Å². The SMILES string of the molecule is O=C(NC1CCCCC1)[C@H](c1ccc(O)cc1)N(Cc1ccccc1)C(=O)c1nsc(Cl)c1Cl. The van der Waals surface area contributed by atoms with Crippen molar-refractivity contribution in [1.82, 2.24) is 14.6 Å². The first kappa shape index (κ1) is 24.5.